The molecule has 2 aliphatic heterocycles. The minimum absolute atomic E-state index is 0.0100. The minimum atomic E-state index is -1.97. The zero-order valence-electron chi connectivity index (χ0n) is 54.8. The second kappa shape index (κ2) is 44.1. The van der Waals surface area contributed by atoms with Crippen molar-refractivity contribution in [2.24, 2.45) is 0 Å². The van der Waals surface area contributed by atoms with Gasteiger partial charge in [0.2, 0.25) is 9.70 Å². The Bertz CT molecular complexity index is 2900. The molecule has 2 heterocycles. The van der Waals surface area contributed by atoms with Crippen molar-refractivity contribution in [3.05, 3.63) is 205 Å². The van der Waals surface area contributed by atoms with Gasteiger partial charge in [-0.15, -0.1) is 6.58 Å². The van der Waals surface area contributed by atoms with Crippen molar-refractivity contribution in [3.63, 3.8) is 0 Å². The van der Waals surface area contributed by atoms with Crippen LogP contribution in [0, 0.1) is 0 Å². The van der Waals surface area contributed by atoms with Crippen LogP contribution < -0.4 is 10.6 Å². The first-order valence-corrected chi connectivity index (χ1v) is 34.7. The number of ether oxygens (including phenoxy) is 12. The molecule has 0 radical (unpaired) electrons. The van der Waals surface area contributed by atoms with E-state index in [0.29, 0.717) is 13.0 Å². The number of alkyl carbamates (subject to hydrolysis) is 1. The van der Waals surface area contributed by atoms with Gasteiger partial charge in [0.05, 0.1) is 58.8 Å². The van der Waals surface area contributed by atoms with Crippen LogP contribution in [0.25, 0.3) is 0 Å². The van der Waals surface area contributed by atoms with Crippen molar-refractivity contribution in [1.29, 1.82) is 0 Å². The lowest BCUT2D eigenvalue weighted by molar-refractivity contribution is -0.317. The number of unbranched alkanes of at least 4 members (excludes halogenated alkanes) is 12. The zero-order chi connectivity index (χ0) is 67.1. The first-order chi connectivity index (χ1) is 46.4. The lowest BCUT2D eigenvalue weighted by Gasteiger charge is -2.48. The molecule has 7 rings (SSSR count). The number of carbonyl (C=O) groups is 3. The largest absolute Gasteiger partial charge is 0.508 e. The first kappa shape index (κ1) is 76.5. The summed E-state index contributed by atoms with van der Waals surface area (Å²) < 4.78 is 75.8. The molecule has 2 aliphatic rings. The van der Waals surface area contributed by atoms with Gasteiger partial charge in [-0.05, 0) is 34.2 Å². The van der Waals surface area contributed by atoms with Crippen molar-refractivity contribution in [2.45, 2.75) is 207 Å². The van der Waals surface area contributed by atoms with Crippen LogP contribution in [0.3, 0.4) is 0 Å². The van der Waals surface area contributed by atoms with E-state index < -0.39 is 96.6 Å². The fraction of sp³-hybridized carbons (Fsp3) is 0.507. The highest BCUT2D eigenvalue weighted by Gasteiger charge is 2.53. The van der Waals surface area contributed by atoms with Gasteiger partial charge in [0, 0.05) is 0 Å². The number of hydrogen-bond donors (Lipinski definition) is 2. The highest BCUT2D eigenvalue weighted by molar-refractivity contribution is 6.67. The Morgan fingerprint density at radius 3 is 1.32 bits per heavy atom. The van der Waals surface area contributed by atoms with Crippen LogP contribution in [-0.2, 0) is 94.7 Å². The smallest absolute Gasteiger partial charge is 0.445 e. The van der Waals surface area contributed by atoms with Gasteiger partial charge in [0.1, 0.15) is 68.5 Å². The number of amides is 2. The van der Waals surface area contributed by atoms with Gasteiger partial charge in [-0.1, -0.05) is 296 Å². The van der Waals surface area contributed by atoms with E-state index in [0.717, 1.165) is 47.1 Å². The molecule has 95 heavy (non-hydrogen) atoms. The summed E-state index contributed by atoms with van der Waals surface area (Å²) >= 11 is 18.3. The van der Waals surface area contributed by atoms with Gasteiger partial charge in [0.25, 0.3) is 0 Å². The van der Waals surface area contributed by atoms with Crippen LogP contribution in [0.15, 0.2) is 177 Å². The molecule has 0 bridgehead atoms. The van der Waals surface area contributed by atoms with Crippen LogP contribution in [0.2, 0.25) is 0 Å². The van der Waals surface area contributed by atoms with Crippen LogP contribution in [0.1, 0.15) is 131 Å². The Kier molecular flexibility index (Phi) is 35.5. The number of benzene rings is 5. The molecule has 17 nitrogen and oxygen atoms in total. The van der Waals surface area contributed by atoms with Gasteiger partial charge >= 0.3 is 12.2 Å². The number of rotatable bonds is 44. The molecule has 0 aliphatic carbocycles. The molecule has 20 heteroatoms. The summed E-state index contributed by atoms with van der Waals surface area (Å²) in [6, 6.07) is 45.7. The average molecular weight is 1370 g/mol. The molecule has 0 aromatic heterocycles. The maximum Gasteiger partial charge on any atom is 0.508 e. The van der Waals surface area contributed by atoms with E-state index in [1.807, 2.05) is 152 Å². The Balaban J connectivity index is 1.20. The van der Waals surface area contributed by atoms with Crippen LogP contribution in [0.5, 0.6) is 0 Å². The van der Waals surface area contributed by atoms with Crippen molar-refractivity contribution in [3.8, 4) is 0 Å². The first-order valence-electron chi connectivity index (χ1n) is 33.5. The Hall–Kier alpha value is -5.90. The van der Waals surface area contributed by atoms with Gasteiger partial charge in [-0.3, -0.25) is 4.79 Å². The van der Waals surface area contributed by atoms with E-state index in [-0.39, 0.29) is 58.6 Å². The predicted molar refractivity (Wildman–Crippen MR) is 367 cm³/mol. The van der Waals surface area contributed by atoms with E-state index in [1.54, 1.807) is 6.08 Å². The topological polar surface area (TPSA) is 186 Å². The van der Waals surface area contributed by atoms with E-state index in [9.17, 15) is 14.4 Å². The van der Waals surface area contributed by atoms with E-state index >= 15 is 0 Å². The Morgan fingerprint density at radius 1 is 0.474 bits per heavy atom. The zero-order valence-corrected chi connectivity index (χ0v) is 57.1. The second-order valence-corrected chi connectivity index (χ2v) is 26.4. The third-order valence-corrected chi connectivity index (χ3v) is 16.6. The number of carbonyl (C=O) groups excluding carboxylic acids is 3. The van der Waals surface area contributed by atoms with Crippen molar-refractivity contribution in [1.82, 2.24) is 10.6 Å². The monoisotopic (exact) mass is 1370 g/mol. The standard InChI is InChI=1S/C75H97Cl3N2O15/c1-4-7-8-9-10-11-12-13-14-15-16-17-33-44-61(86-48-56-34-23-18-24-35-56)47-64(81)79-65-69(89-51-59-40-29-21-30-41-59)67(87-49-57-36-25-19-26-37-57)62(94-71(65)84-45-5-2)53-91-72-66(80-73(82)93-55-75(76,77)78)70(90-52-60-42-31-22-32-43-60)68(88-50-58-38-27-20-28-39-58)63(95-72)54-92-74(83)85-46-6-3/h5-6,18-32,34-43,61-63,65-72H,2-4,7-17,33,44-55H2,1H3,(H,79,81)(H,80,82)/t61-,62-,63-,65-,66-,67-,68-,69-,70-,71+,72-/m1/s1. The maximum absolute atomic E-state index is 14.9. The molecule has 2 amide bonds. The lowest BCUT2D eigenvalue weighted by Crippen LogP contribution is -2.68. The molecule has 5 aromatic carbocycles. The molecule has 0 saturated carbocycles. The van der Waals surface area contributed by atoms with Crippen LogP contribution in [-0.4, -0.2) is 122 Å². The molecular weight excluding hydrogens is 1280 g/mol. The molecule has 5 aromatic rings. The van der Waals surface area contributed by atoms with Crippen molar-refractivity contribution in [2.75, 3.05) is 33.0 Å². The number of nitrogens with one attached hydrogen (secondary N) is 2. The normalized spacial score (nSPS) is 21.4. The van der Waals surface area contributed by atoms with Crippen LogP contribution >= 0.6 is 34.8 Å². The van der Waals surface area contributed by atoms with Crippen molar-refractivity contribution < 1.29 is 71.2 Å². The summed E-state index contributed by atoms with van der Waals surface area (Å²) in [5, 5.41) is 6.17. The highest BCUT2D eigenvalue weighted by atomic mass is 35.6. The molecule has 2 fully saturated rings. The Labute approximate surface area is 577 Å². The third-order valence-electron chi connectivity index (χ3n) is 16.3. The number of alkyl halides is 3. The fourth-order valence-corrected chi connectivity index (χ4v) is 11.6. The van der Waals surface area contributed by atoms with Crippen LogP contribution in [0.4, 0.5) is 9.59 Å². The summed E-state index contributed by atoms with van der Waals surface area (Å²) in [6.45, 7) is 8.92. The molecule has 2 saturated heterocycles. The molecule has 0 unspecified atom stereocenters. The van der Waals surface area contributed by atoms with E-state index in [2.05, 4.69) is 30.7 Å². The van der Waals surface area contributed by atoms with E-state index in [1.165, 1.54) is 70.3 Å². The molecular formula is C75H97Cl3N2O15. The van der Waals surface area contributed by atoms with E-state index in [4.69, 9.17) is 91.6 Å². The molecule has 2 N–H and O–H groups in total. The fourth-order valence-electron chi connectivity index (χ4n) is 11.4. The average Bonchev–Trinajstić information content (AvgIpc) is 0.798. The SMILES string of the molecule is C=CCOC(=O)OC[C@H]1O[C@@H](OC[C@H]2O[C@H](OCC=C)[C@H](NC(=O)C[C@@H](CCCCCCCCCCCCCCC)OCc3ccccc3)[C@@H](OCc3ccccc3)[C@@H]2OCc2ccccc2)[C@H](NC(=O)OCC(Cl)(Cl)Cl)[C@@H](OCc2ccccc2)[C@@H]1OCc1ccccc1. The van der Waals surface area contributed by atoms with Gasteiger partial charge in [0.15, 0.2) is 12.6 Å². The minimum Gasteiger partial charge on any atom is -0.445 e. The van der Waals surface area contributed by atoms with Gasteiger partial charge < -0.3 is 67.5 Å². The number of hydrogen-bond acceptors (Lipinski definition) is 15. The maximum atomic E-state index is 14.9. The second-order valence-electron chi connectivity index (χ2n) is 23.9. The summed E-state index contributed by atoms with van der Waals surface area (Å²) in [5.74, 6) is -0.304. The molecule has 11 atom stereocenters. The summed E-state index contributed by atoms with van der Waals surface area (Å²) in [7, 11) is 0. The van der Waals surface area contributed by atoms with Gasteiger partial charge in [-0.2, -0.15) is 0 Å². The third kappa shape index (κ3) is 29.0. The summed E-state index contributed by atoms with van der Waals surface area (Å²) in [5.41, 5.74) is 4.28. The molecule has 518 valence electrons. The van der Waals surface area contributed by atoms with Gasteiger partial charge in [-0.25, -0.2) is 9.59 Å². The highest BCUT2D eigenvalue weighted by Crippen LogP contribution is 2.34. The predicted octanol–water partition coefficient (Wildman–Crippen LogP) is 15.7. The summed E-state index contributed by atoms with van der Waals surface area (Å²) in [6.07, 6.45) is 8.09. The molecule has 0 spiro atoms. The Morgan fingerprint density at radius 2 is 0.874 bits per heavy atom. The van der Waals surface area contributed by atoms with Crippen molar-refractivity contribution >= 4 is 53.0 Å². The number of halogens is 3. The summed E-state index contributed by atoms with van der Waals surface area (Å²) in [4.78, 5) is 42.1. The lowest BCUT2D eigenvalue weighted by atomic mass is 9.94. The quantitative estimate of drug-likeness (QED) is 0.0162.